The molecule has 4 aromatic rings. The Balaban J connectivity index is 1.20. The van der Waals surface area contributed by atoms with Crippen LogP contribution in [0.1, 0.15) is 21.5 Å². The summed E-state index contributed by atoms with van der Waals surface area (Å²) < 4.78 is 26.3. The quantitative estimate of drug-likeness (QED) is 0.351. The van der Waals surface area contributed by atoms with Crippen LogP contribution in [-0.2, 0) is 22.1 Å². The summed E-state index contributed by atoms with van der Waals surface area (Å²) >= 11 is 0. The molecule has 0 radical (unpaired) electrons. The molecule has 1 aromatic heterocycles. The number of hydrogen-bond acceptors (Lipinski definition) is 5. The van der Waals surface area contributed by atoms with Gasteiger partial charge >= 0.3 is 0 Å². The number of pyridine rings is 1. The average molecular weight is 511 g/mol. The van der Waals surface area contributed by atoms with Crippen molar-refractivity contribution in [2.75, 3.05) is 26.2 Å². The van der Waals surface area contributed by atoms with E-state index in [0.717, 1.165) is 30.6 Å². The van der Waals surface area contributed by atoms with Gasteiger partial charge in [-0.05, 0) is 35.4 Å². The Morgan fingerprint density at radius 3 is 2.24 bits per heavy atom. The second-order valence-corrected chi connectivity index (χ2v) is 11.1. The Morgan fingerprint density at radius 1 is 0.865 bits per heavy atom. The van der Waals surface area contributed by atoms with Gasteiger partial charge in [0.15, 0.2) is 15.5 Å². The number of para-hydroxylation sites is 1. The summed E-state index contributed by atoms with van der Waals surface area (Å²) in [7, 11) is -3.61. The Morgan fingerprint density at radius 2 is 1.54 bits per heavy atom. The number of carbonyl (C=O) groups is 1. The molecule has 1 amide bonds. The van der Waals surface area contributed by atoms with Crippen LogP contribution in [0.2, 0.25) is 0 Å². The SMILES string of the molecule is [C-]#[N+]c1ccc(CN2CCN(C(=O)c3ccc(CS(=O)(=O)c4cccc5cccnc45)cc3)CC2)cc1. The maximum absolute atomic E-state index is 13.1. The highest BCUT2D eigenvalue weighted by molar-refractivity contribution is 7.90. The molecule has 5 rings (SSSR count). The molecule has 3 aromatic carbocycles. The molecular formula is C29H26N4O3S. The summed E-state index contributed by atoms with van der Waals surface area (Å²) in [5, 5.41) is 0.780. The number of benzene rings is 3. The van der Waals surface area contributed by atoms with Gasteiger partial charge in [-0.2, -0.15) is 0 Å². The number of rotatable bonds is 6. The van der Waals surface area contributed by atoms with E-state index in [1.165, 1.54) is 0 Å². The fourth-order valence-corrected chi connectivity index (χ4v) is 6.13. The molecule has 0 saturated carbocycles. The van der Waals surface area contributed by atoms with Crippen molar-refractivity contribution in [3.8, 4) is 0 Å². The first-order valence-corrected chi connectivity index (χ1v) is 13.7. The van der Waals surface area contributed by atoms with Gasteiger partial charge in [-0.1, -0.05) is 54.6 Å². The van der Waals surface area contributed by atoms with E-state index in [4.69, 9.17) is 6.57 Å². The molecule has 1 aliphatic heterocycles. The third kappa shape index (κ3) is 5.53. The molecule has 2 heterocycles. The van der Waals surface area contributed by atoms with Crippen LogP contribution in [0.5, 0.6) is 0 Å². The van der Waals surface area contributed by atoms with Crippen molar-refractivity contribution in [2.45, 2.75) is 17.2 Å². The number of fused-ring (bicyclic) bond motifs is 1. The second-order valence-electron chi connectivity index (χ2n) is 9.13. The van der Waals surface area contributed by atoms with Crippen LogP contribution in [0.3, 0.4) is 0 Å². The minimum absolute atomic E-state index is 0.0475. The summed E-state index contributed by atoms with van der Waals surface area (Å²) in [5.41, 5.74) is 3.43. The minimum Gasteiger partial charge on any atom is -0.336 e. The Hall–Kier alpha value is -4.06. The van der Waals surface area contributed by atoms with Crippen molar-refractivity contribution in [1.29, 1.82) is 0 Å². The number of sulfone groups is 1. The number of aromatic nitrogens is 1. The lowest BCUT2D eigenvalue weighted by Crippen LogP contribution is -2.48. The summed E-state index contributed by atoms with van der Waals surface area (Å²) in [6, 6.07) is 23.2. The van der Waals surface area contributed by atoms with Crippen LogP contribution in [0.4, 0.5) is 5.69 Å². The first-order valence-electron chi connectivity index (χ1n) is 12.1. The summed E-state index contributed by atoms with van der Waals surface area (Å²) in [6.45, 7) is 10.6. The average Bonchev–Trinajstić information content (AvgIpc) is 2.93. The lowest BCUT2D eigenvalue weighted by Gasteiger charge is -2.34. The van der Waals surface area contributed by atoms with Gasteiger partial charge in [-0.15, -0.1) is 0 Å². The van der Waals surface area contributed by atoms with Crippen LogP contribution in [0.25, 0.3) is 15.7 Å². The smallest absolute Gasteiger partial charge is 0.253 e. The van der Waals surface area contributed by atoms with Gasteiger partial charge in [0.05, 0.1) is 22.7 Å². The maximum Gasteiger partial charge on any atom is 0.253 e. The van der Waals surface area contributed by atoms with Crippen LogP contribution in [0, 0.1) is 6.57 Å². The topological polar surface area (TPSA) is 74.9 Å². The van der Waals surface area contributed by atoms with E-state index in [1.807, 2.05) is 41.3 Å². The van der Waals surface area contributed by atoms with Crippen molar-refractivity contribution in [3.63, 3.8) is 0 Å². The van der Waals surface area contributed by atoms with Gasteiger partial charge in [0, 0.05) is 49.9 Å². The second kappa shape index (κ2) is 10.5. The zero-order chi connectivity index (χ0) is 25.8. The highest BCUT2D eigenvalue weighted by Crippen LogP contribution is 2.24. The molecule has 0 spiro atoms. The summed E-state index contributed by atoms with van der Waals surface area (Å²) in [6.07, 6.45) is 1.59. The predicted molar refractivity (Wildman–Crippen MR) is 143 cm³/mol. The van der Waals surface area contributed by atoms with Crippen molar-refractivity contribution in [3.05, 3.63) is 113 Å². The van der Waals surface area contributed by atoms with Crippen molar-refractivity contribution < 1.29 is 13.2 Å². The van der Waals surface area contributed by atoms with E-state index in [1.54, 1.807) is 48.7 Å². The largest absolute Gasteiger partial charge is 0.336 e. The third-order valence-corrected chi connectivity index (χ3v) is 8.33. The Kier molecular flexibility index (Phi) is 6.99. The number of carbonyl (C=O) groups excluding carboxylic acids is 1. The Bertz CT molecular complexity index is 1560. The fraction of sp³-hybridized carbons (Fsp3) is 0.207. The molecule has 37 heavy (non-hydrogen) atoms. The molecule has 0 bridgehead atoms. The van der Waals surface area contributed by atoms with Gasteiger partial charge in [-0.3, -0.25) is 14.7 Å². The third-order valence-electron chi connectivity index (χ3n) is 6.62. The highest BCUT2D eigenvalue weighted by atomic mass is 32.2. The van der Waals surface area contributed by atoms with E-state index in [9.17, 15) is 13.2 Å². The van der Waals surface area contributed by atoms with Crippen LogP contribution < -0.4 is 0 Å². The molecule has 0 unspecified atom stereocenters. The van der Waals surface area contributed by atoms with Crippen LogP contribution in [-0.4, -0.2) is 55.3 Å². The van der Waals surface area contributed by atoms with Crippen molar-refractivity contribution in [1.82, 2.24) is 14.8 Å². The first-order chi connectivity index (χ1) is 17.9. The molecule has 186 valence electrons. The van der Waals surface area contributed by atoms with E-state index < -0.39 is 9.84 Å². The van der Waals surface area contributed by atoms with Gasteiger partial charge in [0.2, 0.25) is 0 Å². The Labute approximate surface area is 216 Å². The molecule has 0 aliphatic carbocycles. The van der Waals surface area contributed by atoms with Crippen molar-refractivity contribution in [2.24, 2.45) is 0 Å². The monoisotopic (exact) mass is 510 g/mol. The lowest BCUT2D eigenvalue weighted by molar-refractivity contribution is 0.0628. The van der Waals surface area contributed by atoms with Gasteiger partial charge in [0.25, 0.3) is 5.91 Å². The van der Waals surface area contributed by atoms with Gasteiger partial charge in [0.1, 0.15) is 0 Å². The highest BCUT2D eigenvalue weighted by Gasteiger charge is 2.23. The predicted octanol–water partition coefficient (Wildman–Crippen LogP) is 4.72. The molecule has 1 aliphatic rings. The van der Waals surface area contributed by atoms with E-state index in [2.05, 4.69) is 14.7 Å². The first kappa shape index (κ1) is 24.6. The number of amides is 1. The van der Waals surface area contributed by atoms with Crippen LogP contribution >= 0.6 is 0 Å². The van der Waals surface area contributed by atoms with E-state index in [-0.39, 0.29) is 16.6 Å². The fourth-order valence-electron chi connectivity index (χ4n) is 4.59. The van der Waals surface area contributed by atoms with Crippen molar-refractivity contribution >= 4 is 32.3 Å². The van der Waals surface area contributed by atoms with Crippen LogP contribution in [0.15, 0.2) is 90.0 Å². The zero-order valence-corrected chi connectivity index (χ0v) is 21.1. The molecule has 0 N–H and O–H groups in total. The molecular weight excluding hydrogens is 484 g/mol. The number of nitrogens with zero attached hydrogens (tertiary/aromatic N) is 4. The van der Waals surface area contributed by atoms with E-state index in [0.29, 0.717) is 35.4 Å². The van der Waals surface area contributed by atoms with Gasteiger partial charge < -0.3 is 4.90 Å². The molecule has 8 heteroatoms. The van der Waals surface area contributed by atoms with Gasteiger partial charge in [-0.25, -0.2) is 13.3 Å². The summed E-state index contributed by atoms with van der Waals surface area (Å²) in [5.74, 6) is -0.208. The minimum atomic E-state index is -3.61. The van der Waals surface area contributed by atoms with E-state index >= 15 is 0 Å². The number of piperazine rings is 1. The number of hydrogen-bond donors (Lipinski definition) is 0. The standard InChI is InChI=1S/C29H26N4O3S/c1-30-26-13-9-22(10-14-26)20-32-16-18-33(19-17-32)29(34)25-11-7-23(8-12-25)21-37(35,36)27-6-2-4-24-5-3-15-31-28(24)27/h2-15H,16-21H2. The maximum atomic E-state index is 13.1. The molecule has 7 nitrogen and oxygen atoms in total. The lowest BCUT2D eigenvalue weighted by atomic mass is 10.1. The molecule has 0 atom stereocenters. The normalized spacial score (nSPS) is 14.4. The summed E-state index contributed by atoms with van der Waals surface area (Å²) in [4.78, 5) is 25.1. The molecule has 1 fully saturated rings. The zero-order valence-electron chi connectivity index (χ0n) is 20.2. The molecule has 1 saturated heterocycles.